The summed E-state index contributed by atoms with van der Waals surface area (Å²) in [7, 11) is 0. The molecule has 0 aromatic heterocycles. The second kappa shape index (κ2) is 10.5. The third kappa shape index (κ3) is 4.38. The SMILES string of the molecule is CC1(C)c2cc(-c3ccc(/C=C/c4ccc5ccc6cccc7ccc4c5c67)cc3)ccc2-c2ccc(-c3ccc4ccccc4c3)cc21. The molecule has 9 aromatic carbocycles. The Morgan fingerprint density at radius 1 is 0.388 bits per heavy atom. The second-order valence-corrected chi connectivity index (χ2v) is 14.2. The monoisotopic (exact) mass is 622 g/mol. The minimum Gasteiger partial charge on any atom is -0.0616 e. The second-order valence-electron chi connectivity index (χ2n) is 14.2. The standard InChI is InChI=1S/C49H34/c1-49(2)45-29-40(23-26-43(45)44-27-24-41(30-46(44)49)39-21-16-32-6-3-4-7-38(32)28-39)33-13-10-31(11-14-33)12-15-34-17-18-37-20-19-35-8-5-9-36-22-25-42(34)48(37)47(35)36/h3-30H,1-2H3/b15-12+. The van der Waals surface area contributed by atoms with Crippen LogP contribution < -0.4 is 0 Å². The van der Waals surface area contributed by atoms with E-state index in [0.717, 1.165) is 0 Å². The first-order valence-electron chi connectivity index (χ1n) is 17.2. The fraction of sp³-hybridized carbons (Fsp3) is 0.0612. The molecule has 49 heavy (non-hydrogen) atoms. The molecule has 0 aliphatic heterocycles. The first kappa shape index (κ1) is 28.1. The van der Waals surface area contributed by atoms with Gasteiger partial charge in [-0.25, -0.2) is 0 Å². The molecule has 0 radical (unpaired) electrons. The lowest BCUT2D eigenvalue weighted by molar-refractivity contribution is 0.661. The van der Waals surface area contributed by atoms with Crippen LogP contribution in [0.4, 0.5) is 0 Å². The Bertz CT molecular complexity index is 2760. The van der Waals surface area contributed by atoms with E-state index in [2.05, 4.69) is 184 Å². The molecule has 0 unspecified atom stereocenters. The third-order valence-electron chi connectivity index (χ3n) is 11.0. The summed E-state index contributed by atoms with van der Waals surface area (Å²) in [5.41, 5.74) is 12.9. The van der Waals surface area contributed by atoms with E-state index in [0.29, 0.717) is 0 Å². The highest BCUT2D eigenvalue weighted by atomic mass is 14.4. The Hall–Kier alpha value is -5.98. The number of fused-ring (bicyclic) bond motifs is 4. The molecular formula is C49H34. The number of hydrogen-bond acceptors (Lipinski definition) is 0. The van der Waals surface area contributed by atoms with Crippen molar-refractivity contribution in [2.75, 3.05) is 0 Å². The molecule has 0 saturated carbocycles. The van der Waals surface area contributed by atoms with Crippen molar-refractivity contribution in [2.24, 2.45) is 0 Å². The zero-order valence-corrected chi connectivity index (χ0v) is 27.7. The minimum atomic E-state index is -0.0864. The summed E-state index contributed by atoms with van der Waals surface area (Å²) in [6, 6.07) is 58.6. The Morgan fingerprint density at radius 2 is 0.918 bits per heavy atom. The molecule has 0 atom stereocenters. The predicted octanol–water partition coefficient (Wildman–Crippen LogP) is 13.5. The van der Waals surface area contributed by atoms with Crippen LogP contribution in [-0.4, -0.2) is 0 Å². The molecule has 0 saturated heterocycles. The molecule has 0 bridgehead atoms. The Balaban J connectivity index is 0.948. The topological polar surface area (TPSA) is 0 Å². The van der Waals surface area contributed by atoms with E-state index in [1.54, 1.807) is 0 Å². The lowest BCUT2D eigenvalue weighted by atomic mass is 9.80. The first-order chi connectivity index (χ1) is 24.0. The maximum Gasteiger partial charge on any atom is 0.0159 e. The summed E-state index contributed by atoms with van der Waals surface area (Å²) < 4.78 is 0. The van der Waals surface area contributed by atoms with Gasteiger partial charge in [0.05, 0.1) is 0 Å². The van der Waals surface area contributed by atoms with E-state index >= 15 is 0 Å². The van der Waals surface area contributed by atoms with Gasteiger partial charge in [0.15, 0.2) is 0 Å². The van der Waals surface area contributed by atoms with E-state index in [1.165, 1.54) is 98.7 Å². The summed E-state index contributed by atoms with van der Waals surface area (Å²) >= 11 is 0. The van der Waals surface area contributed by atoms with E-state index in [1.807, 2.05) is 0 Å². The van der Waals surface area contributed by atoms with Crippen molar-refractivity contribution in [1.29, 1.82) is 0 Å². The summed E-state index contributed by atoms with van der Waals surface area (Å²) in [6.45, 7) is 4.75. The summed E-state index contributed by atoms with van der Waals surface area (Å²) in [4.78, 5) is 0. The molecule has 0 spiro atoms. The smallest absolute Gasteiger partial charge is 0.0159 e. The van der Waals surface area contributed by atoms with Gasteiger partial charge < -0.3 is 0 Å². The predicted molar refractivity (Wildman–Crippen MR) is 211 cm³/mol. The maximum absolute atomic E-state index is 2.42. The van der Waals surface area contributed by atoms with Crippen molar-refractivity contribution in [3.8, 4) is 33.4 Å². The third-order valence-corrected chi connectivity index (χ3v) is 11.0. The van der Waals surface area contributed by atoms with Gasteiger partial charge in [0.1, 0.15) is 0 Å². The molecule has 1 aliphatic rings. The molecular weight excluding hydrogens is 589 g/mol. The highest BCUT2D eigenvalue weighted by Crippen LogP contribution is 2.50. The molecule has 0 nitrogen and oxygen atoms in total. The van der Waals surface area contributed by atoms with Gasteiger partial charge in [-0.2, -0.15) is 0 Å². The summed E-state index contributed by atoms with van der Waals surface area (Å²) in [5, 5.41) is 10.5. The number of benzene rings is 9. The van der Waals surface area contributed by atoms with Crippen molar-refractivity contribution < 1.29 is 0 Å². The van der Waals surface area contributed by atoms with Crippen LogP contribution >= 0.6 is 0 Å². The molecule has 1 aliphatic carbocycles. The average molecular weight is 623 g/mol. The van der Waals surface area contributed by atoms with Gasteiger partial charge in [0.2, 0.25) is 0 Å². The minimum absolute atomic E-state index is 0.0864. The van der Waals surface area contributed by atoms with Gasteiger partial charge in [-0.3, -0.25) is 0 Å². The molecule has 0 fully saturated rings. The van der Waals surface area contributed by atoms with Crippen LogP contribution in [0.2, 0.25) is 0 Å². The molecule has 0 heteroatoms. The largest absolute Gasteiger partial charge is 0.0616 e. The molecule has 0 heterocycles. The fourth-order valence-corrected chi connectivity index (χ4v) is 8.34. The zero-order valence-electron chi connectivity index (χ0n) is 27.7. The highest BCUT2D eigenvalue weighted by molar-refractivity contribution is 6.24. The summed E-state index contributed by atoms with van der Waals surface area (Å²) in [6.07, 6.45) is 4.51. The van der Waals surface area contributed by atoms with Crippen LogP contribution in [0.3, 0.4) is 0 Å². The van der Waals surface area contributed by atoms with Crippen LogP contribution in [0.15, 0.2) is 158 Å². The molecule has 230 valence electrons. The normalized spacial score (nSPS) is 13.6. The van der Waals surface area contributed by atoms with E-state index in [4.69, 9.17) is 0 Å². The van der Waals surface area contributed by atoms with Gasteiger partial charge in [-0.15, -0.1) is 0 Å². The zero-order chi connectivity index (χ0) is 32.7. The van der Waals surface area contributed by atoms with Crippen molar-refractivity contribution >= 4 is 55.2 Å². The first-order valence-corrected chi connectivity index (χ1v) is 17.2. The Kier molecular flexibility index (Phi) is 6.02. The van der Waals surface area contributed by atoms with E-state index in [-0.39, 0.29) is 5.41 Å². The lowest BCUT2D eigenvalue weighted by Gasteiger charge is -2.22. The summed E-state index contributed by atoms with van der Waals surface area (Å²) in [5.74, 6) is 0. The van der Waals surface area contributed by atoms with Gasteiger partial charge in [-0.05, 0) is 117 Å². The van der Waals surface area contributed by atoms with Crippen molar-refractivity contribution in [2.45, 2.75) is 19.3 Å². The Labute approximate surface area is 286 Å². The van der Waals surface area contributed by atoms with Crippen molar-refractivity contribution in [3.05, 3.63) is 180 Å². The van der Waals surface area contributed by atoms with Crippen LogP contribution in [0.1, 0.15) is 36.1 Å². The molecule has 0 amide bonds. The maximum atomic E-state index is 2.42. The molecule has 0 N–H and O–H groups in total. The van der Waals surface area contributed by atoms with E-state index in [9.17, 15) is 0 Å². The Morgan fingerprint density at radius 3 is 1.65 bits per heavy atom. The number of rotatable bonds is 4. The quantitative estimate of drug-likeness (QED) is 0.135. The van der Waals surface area contributed by atoms with Crippen molar-refractivity contribution in [3.63, 3.8) is 0 Å². The van der Waals surface area contributed by atoms with Gasteiger partial charge in [0.25, 0.3) is 0 Å². The van der Waals surface area contributed by atoms with Crippen molar-refractivity contribution in [1.82, 2.24) is 0 Å². The van der Waals surface area contributed by atoms with Gasteiger partial charge in [0, 0.05) is 5.41 Å². The molecule has 9 aromatic rings. The van der Waals surface area contributed by atoms with Gasteiger partial charge >= 0.3 is 0 Å². The molecule has 10 rings (SSSR count). The fourth-order valence-electron chi connectivity index (χ4n) is 8.34. The average Bonchev–Trinajstić information content (AvgIpc) is 3.38. The van der Waals surface area contributed by atoms with Crippen LogP contribution in [0.5, 0.6) is 0 Å². The number of hydrogen-bond donors (Lipinski definition) is 0. The van der Waals surface area contributed by atoms with Crippen LogP contribution in [0.25, 0.3) is 88.6 Å². The van der Waals surface area contributed by atoms with Gasteiger partial charge in [-0.1, -0.05) is 166 Å². The van der Waals surface area contributed by atoms with Crippen LogP contribution in [-0.2, 0) is 5.41 Å². The van der Waals surface area contributed by atoms with Crippen LogP contribution in [0, 0.1) is 0 Å². The highest BCUT2D eigenvalue weighted by Gasteiger charge is 2.35. The lowest BCUT2D eigenvalue weighted by Crippen LogP contribution is -2.15. The van der Waals surface area contributed by atoms with E-state index < -0.39 is 0 Å².